The van der Waals surface area contributed by atoms with Crippen molar-refractivity contribution in [2.45, 2.75) is 45.1 Å². The summed E-state index contributed by atoms with van der Waals surface area (Å²) in [5, 5.41) is 3.07. The highest BCUT2D eigenvalue weighted by Crippen LogP contribution is 2.45. The number of hydrogen-bond acceptors (Lipinski definition) is 5. The summed E-state index contributed by atoms with van der Waals surface area (Å²) in [6, 6.07) is 5.27. The molecule has 4 rings (SSSR count). The first-order valence-corrected chi connectivity index (χ1v) is 9.40. The lowest BCUT2D eigenvalue weighted by Gasteiger charge is -2.36. The van der Waals surface area contributed by atoms with E-state index in [4.69, 9.17) is 0 Å². The quantitative estimate of drug-likeness (QED) is 0.901. The van der Waals surface area contributed by atoms with Crippen molar-refractivity contribution in [1.82, 2.24) is 20.3 Å². The van der Waals surface area contributed by atoms with Gasteiger partial charge < -0.3 is 5.32 Å². The third kappa shape index (κ3) is 3.41. The Kier molecular flexibility index (Phi) is 4.59. The molecule has 2 fully saturated rings. The Morgan fingerprint density at radius 1 is 1.30 bits per heavy atom. The van der Waals surface area contributed by atoms with Crippen LogP contribution >= 0.6 is 0 Å². The first-order chi connectivity index (χ1) is 13.1. The lowest BCUT2D eigenvalue weighted by molar-refractivity contribution is -0.127. The fourth-order valence-electron chi connectivity index (χ4n) is 4.28. The van der Waals surface area contributed by atoms with Crippen LogP contribution in [0.4, 0.5) is 5.82 Å². The van der Waals surface area contributed by atoms with E-state index in [1.165, 1.54) is 0 Å². The molecule has 1 saturated heterocycles. The van der Waals surface area contributed by atoms with Crippen LogP contribution in [-0.2, 0) is 4.79 Å². The average molecular weight is 365 g/mol. The van der Waals surface area contributed by atoms with Crippen LogP contribution in [0, 0.1) is 12.3 Å². The minimum atomic E-state index is -0.411. The van der Waals surface area contributed by atoms with Crippen molar-refractivity contribution in [3.8, 4) is 0 Å². The van der Waals surface area contributed by atoms with E-state index in [0.29, 0.717) is 24.5 Å². The summed E-state index contributed by atoms with van der Waals surface area (Å²) in [6.07, 6.45) is 9.06. The number of nitrogens with one attached hydrogen (secondary N) is 1. The number of anilines is 1. The monoisotopic (exact) mass is 365 g/mol. The van der Waals surface area contributed by atoms with Crippen molar-refractivity contribution in [1.29, 1.82) is 0 Å². The maximum absolute atomic E-state index is 13.2. The van der Waals surface area contributed by atoms with Gasteiger partial charge in [-0.05, 0) is 44.7 Å². The van der Waals surface area contributed by atoms with E-state index in [9.17, 15) is 9.59 Å². The molecule has 1 saturated carbocycles. The smallest absolute Gasteiger partial charge is 0.270 e. The van der Waals surface area contributed by atoms with E-state index >= 15 is 0 Å². The normalized spacial score (nSPS) is 25.0. The maximum atomic E-state index is 13.2. The summed E-state index contributed by atoms with van der Waals surface area (Å²) < 4.78 is 0. The molecule has 2 aromatic heterocycles. The molecule has 0 bridgehead atoms. The molecule has 2 aromatic rings. The van der Waals surface area contributed by atoms with E-state index in [1.54, 1.807) is 41.7 Å². The molecule has 2 unspecified atom stereocenters. The number of aryl methyl sites for hydroxylation is 1. The summed E-state index contributed by atoms with van der Waals surface area (Å²) in [5.74, 6) is 0.556. The Labute approximate surface area is 158 Å². The molecule has 0 aromatic carbocycles. The van der Waals surface area contributed by atoms with Gasteiger partial charge in [-0.3, -0.25) is 24.5 Å². The fourth-order valence-corrected chi connectivity index (χ4v) is 4.28. The number of pyridine rings is 1. The Morgan fingerprint density at radius 3 is 2.96 bits per heavy atom. The minimum absolute atomic E-state index is 0.0132. The van der Waals surface area contributed by atoms with Crippen molar-refractivity contribution in [3.05, 3.63) is 48.2 Å². The Bertz CT molecular complexity index is 856. The summed E-state index contributed by atoms with van der Waals surface area (Å²) in [5.41, 5.74) is 0.795. The SMILES string of the molecule is Cc1cncc(N2CCC3(CCCC(NC(=O)c4ccccn4)C3)C2=O)n1. The lowest BCUT2D eigenvalue weighted by atomic mass is 9.71. The zero-order valence-electron chi connectivity index (χ0n) is 15.4. The second-order valence-electron chi connectivity index (χ2n) is 7.49. The molecular weight excluding hydrogens is 342 g/mol. The van der Waals surface area contributed by atoms with Crippen LogP contribution in [0.1, 0.15) is 48.3 Å². The number of carbonyl (C=O) groups is 2. The predicted octanol–water partition coefficient (Wildman–Crippen LogP) is 2.28. The van der Waals surface area contributed by atoms with E-state index < -0.39 is 5.41 Å². The molecule has 1 aliphatic heterocycles. The van der Waals surface area contributed by atoms with Gasteiger partial charge in [0.25, 0.3) is 5.91 Å². The molecule has 1 spiro atoms. The van der Waals surface area contributed by atoms with Crippen molar-refractivity contribution < 1.29 is 9.59 Å². The van der Waals surface area contributed by atoms with Gasteiger partial charge in [-0.15, -0.1) is 0 Å². The second kappa shape index (κ2) is 7.06. The molecule has 3 heterocycles. The zero-order chi connectivity index (χ0) is 18.9. The third-order valence-corrected chi connectivity index (χ3v) is 5.61. The first kappa shape index (κ1) is 17.6. The van der Waals surface area contributed by atoms with E-state index in [2.05, 4.69) is 20.3 Å². The summed E-state index contributed by atoms with van der Waals surface area (Å²) in [4.78, 5) is 40.1. The number of nitrogens with zero attached hydrogens (tertiary/aromatic N) is 4. The van der Waals surface area contributed by atoms with Gasteiger partial charge in [0, 0.05) is 25.0 Å². The number of carbonyl (C=O) groups excluding carboxylic acids is 2. The van der Waals surface area contributed by atoms with Gasteiger partial charge >= 0.3 is 0 Å². The number of amides is 2. The number of hydrogen-bond donors (Lipinski definition) is 1. The largest absolute Gasteiger partial charge is 0.348 e. The van der Waals surface area contributed by atoms with Gasteiger partial charge in [0.1, 0.15) is 5.69 Å². The van der Waals surface area contributed by atoms with Crippen LogP contribution < -0.4 is 10.2 Å². The molecule has 2 aliphatic rings. The molecule has 0 radical (unpaired) electrons. The van der Waals surface area contributed by atoms with Gasteiger partial charge in [-0.25, -0.2) is 4.98 Å². The van der Waals surface area contributed by atoms with Crippen LogP contribution in [0.25, 0.3) is 0 Å². The molecule has 27 heavy (non-hydrogen) atoms. The van der Waals surface area contributed by atoms with Crippen LogP contribution in [0.3, 0.4) is 0 Å². The predicted molar refractivity (Wildman–Crippen MR) is 100 cm³/mol. The third-order valence-electron chi connectivity index (χ3n) is 5.61. The van der Waals surface area contributed by atoms with Gasteiger partial charge in [-0.1, -0.05) is 12.5 Å². The lowest BCUT2D eigenvalue weighted by Crippen LogP contribution is -2.46. The number of rotatable bonds is 3. The topological polar surface area (TPSA) is 88.1 Å². The Morgan fingerprint density at radius 2 is 2.19 bits per heavy atom. The van der Waals surface area contributed by atoms with Crippen molar-refractivity contribution in [2.75, 3.05) is 11.4 Å². The van der Waals surface area contributed by atoms with E-state index in [1.807, 2.05) is 6.92 Å². The van der Waals surface area contributed by atoms with Gasteiger partial charge in [0.2, 0.25) is 5.91 Å². The second-order valence-corrected chi connectivity index (χ2v) is 7.49. The van der Waals surface area contributed by atoms with Crippen molar-refractivity contribution in [2.24, 2.45) is 5.41 Å². The molecule has 2 amide bonds. The fraction of sp³-hybridized carbons (Fsp3) is 0.450. The maximum Gasteiger partial charge on any atom is 0.270 e. The highest BCUT2D eigenvalue weighted by Gasteiger charge is 2.50. The zero-order valence-corrected chi connectivity index (χ0v) is 15.4. The summed E-state index contributed by atoms with van der Waals surface area (Å²) in [6.45, 7) is 2.52. The molecule has 1 aliphatic carbocycles. The van der Waals surface area contributed by atoms with Gasteiger partial charge in [0.15, 0.2) is 5.82 Å². The highest BCUT2D eigenvalue weighted by atomic mass is 16.2. The van der Waals surface area contributed by atoms with Crippen LogP contribution in [-0.4, -0.2) is 39.4 Å². The Hall–Kier alpha value is -2.83. The highest BCUT2D eigenvalue weighted by molar-refractivity contribution is 5.99. The van der Waals surface area contributed by atoms with E-state index in [0.717, 1.165) is 31.4 Å². The Balaban J connectivity index is 1.47. The minimum Gasteiger partial charge on any atom is -0.348 e. The molecular formula is C20H23N5O2. The molecule has 140 valence electrons. The molecule has 7 heteroatoms. The van der Waals surface area contributed by atoms with Crippen LogP contribution in [0.15, 0.2) is 36.8 Å². The van der Waals surface area contributed by atoms with Gasteiger partial charge in [-0.2, -0.15) is 0 Å². The molecule has 1 N–H and O–H groups in total. The summed E-state index contributed by atoms with van der Waals surface area (Å²) in [7, 11) is 0. The summed E-state index contributed by atoms with van der Waals surface area (Å²) >= 11 is 0. The standard InChI is InChI=1S/C20H23N5O2/c1-14-12-21-13-17(23-14)25-10-8-20(19(25)27)7-4-5-15(11-20)24-18(26)16-6-2-3-9-22-16/h2-3,6,9,12-13,15H,4-5,7-8,10-11H2,1H3,(H,24,26). The first-order valence-electron chi connectivity index (χ1n) is 9.40. The average Bonchev–Trinajstić information content (AvgIpc) is 2.98. The van der Waals surface area contributed by atoms with Crippen LogP contribution in [0.2, 0.25) is 0 Å². The van der Waals surface area contributed by atoms with Gasteiger partial charge in [0.05, 0.1) is 17.3 Å². The van der Waals surface area contributed by atoms with E-state index in [-0.39, 0.29) is 17.9 Å². The van der Waals surface area contributed by atoms with Crippen molar-refractivity contribution >= 4 is 17.6 Å². The van der Waals surface area contributed by atoms with Crippen LogP contribution in [0.5, 0.6) is 0 Å². The number of aromatic nitrogens is 3. The molecule has 2 atom stereocenters. The molecule has 7 nitrogen and oxygen atoms in total. The van der Waals surface area contributed by atoms with Crippen molar-refractivity contribution in [3.63, 3.8) is 0 Å².